The predicted molar refractivity (Wildman–Crippen MR) is 60.6 cm³/mol. The molecule has 0 radical (unpaired) electrons. The molecule has 0 aromatic heterocycles. The highest BCUT2D eigenvalue weighted by Crippen LogP contribution is 2.05. The molecule has 1 amide bonds. The highest BCUT2D eigenvalue weighted by atomic mass is 79.9. The molecule has 78 valence electrons. The zero-order valence-corrected chi connectivity index (χ0v) is 9.66. The standard InChI is InChI=1S/C11H10BrNO2/c12-4-1-5-15-9-2-3-10-8(6-9)7-11(14)13-10/h2-3,6-7H,1,4-5H2. The van der Waals surface area contributed by atoms with Crippen molar-refractivity contribution >= 4 is 27.9 Å². The minimum absolute atomic E-state index is 0.192. The number of benzene rings is 1. The molecule has 0 spiro atoms. The van der Waals surface area contributed by atoms with E-state index >= 15 is 0 Å². The number of alkyl halides is 1. The van der Waals surface area contributed by atoms with Crippen molar-refractivity contribution in [1.29, 1.82) is 0 Å². The van der Waals surface area contributed by atoms with Gasteiger partial charge in [-0.25, -0.2) is 4.99 Å². The Morgan fingerprint density at radius 3 is 3.07 bits per heavy atom. The Hall–Kier alpha value is -1.16. The van der Waals surface area contributed by atoms with Crippen LogP contribution in [0.1, 0.15) is 6.42 Å². The molecule has 0 unspecified atom stereocenters. The second kappa shape index (κ2) is 4.57. The molecule has 3 nitrogen and oxygen atoms in total. The lowest BCUT2D eigenvalue weighted by molar-refractivity contribution is -0.112. The molecule has 1 aliphatic rings. The molecule has 1 aliphatic heterocycles. The van der Waals surface area contributed by atoms with Gasteiger partial charge in [0.15, 0.2) is 0 Å². The first-order valence-electron chi connectivity index (χ1n) is 4.73. The number of ether oxygens (including phenoxy) is 1. The summed E-state index contributed by atoms with van der Waals surface area (Å²) < 4.78 is 5.50. The third kappa shape index (κ3) is 2.45. The smallest absolute Gasteiger partial charge is 0.270 e. The molecule has 15 heavy (non-hydrogen) atoms. The van der Waals surface area contributed by atoms with E-state index in [4.69, 9.17) is 4.74 Å². The number of fused-ring (bicyclic) bond motifs is 1. The first-order chi connectivity index (χ1) is 7.29. The Labute approximate surface area is 95.6 Å². The molecule has 0 bridgehead atoms. The molecule has 2 rings (SSSR count). The van der Waals surface area contributed by atoms with Crippen LogP contribution in [0.15, 0.2) is 23.2 Å². The van der Waals surface area contributed by atoms with Crippen LogP contribution in [0.3, 0.4) is 0 Å². The van der Waals surface area contributed by atoms with Gasteiger partial charge < -0.3 is 4.74 Å². The molecule has 0 N–H and O–H groups in total. The third-order valence-electron chi connectivity index (χ3n) is 2.06. The number of hydrogen-bond acceptors (Lipinski definition) is 2. The molecule has 1 heterocycles. The van der Waals surface area contributed by atoms with Crippen molar-refractivity contribution in [2.24, 2.45) is 4.99 Å². The predicted octanol–water partition coefficient (Wildman–Crippen LogP) is 0.791. The molecule has 1 aromatic carbocycles. The molecule has 0 fully saturated rings. The number of halogens is 1. The number of hydrogen-bond donors (Lipinski definition) is 0. The van der Waals surface area contributed by atoms with Crippen molar-refractivity contribution in [3.63, 3.8) is 0 Å². The van der Waals surface area contributed by atoms with Gasteiger partial charge in [0.25, 0.3) is 5.91 Å². The van der Waals surface area contributed by atoms with E-state index in [1.807, 2.05) is 12.1 Å². The lowest BCUT2D eigenvalue weighted by Gasteiger charge is -2.03. The van der Waals surface area contributed by atoms with Crippen molar-refractivity contribution < 1.29 is 9.53 Å². The maximum atomic E-state index is 11.0. The Morgan fingerprint density at radius 1 is 1.40 bits per heavy atom. The van der Waals surface area contributed by atoms with Gasteiger partial charge in [0.1, 0.15) is 5.75 Å². The average molecular weight is 268 g/mol. The SMILES string of the molecule is O=C1C=c2cc(OCCCBr)ccc2=N1. The maximum Gasteiger partial charge on any atom is 0.270 e. The molecule has 1 aromatic rings. The topological polar surface area (TPSA) is 38.7 Å². The van der Waals surface area contributed by atoms with Crippen LogP contribution in [0.2, 0.25) is 0 Å². The summed E-state index contributed by atoms with van der Waals surface area (Å²) >= 11 is 3.33. The first kappa shape index (κ1) is 10.4. The highest BCUT2D eigenvalue weighted by molar-refractivity contribution is 9.09. The van der Waals surface area contributed by atoms with E-state index in [0.717, 1.165) is 28.1 Å². The van der Waals surface area contributed by atoms with Gasteiger partial charge in [-0.05, 0) is 24.6 Å². The highest BCUT2D eigenvalue weighted by Gasteiger charge is 2.03. The van der Waals surface area contributed by atoms with Crippen LogP contribution in [0.5, 0.6) is 5.75 Å². The van der Waals surface area contributed by atoms with Gasteiger partial charge in [0.05, 0.1) is 12.0 Å². The Bertz CT molecular complexity index is 496. The number of amides is 1. The van der Waals surface area contributed by atoms with E-state index in [9.17, 15) is 4.79 Å². The summed E-state index contributed by atoms with van der Waals surface area (Å²) in [6.07, 6.45) is 2.48. The Morgan fingerprint density at radius 2 is 2.27 bits per heavy atom. The van der Waals surface area contributed by atoms with Crippen LogP contribution in [0, 0.1) is 0 Å². The van der Waals surface area contributed by atoms with Crippen LogP contribution < -0.4 is 15.3 Å². The second-order valence-electron chi connectivity index (χ2n) is 3.21. The van der Waals surface area contributed by atoms with Gasteiger partial charge in [-0.1, -0.05) is 15.9 Å². The molecule has 0 atom stereocenters. The molecule has 0 aliphatic carbocycles. The number of carbonyl (C=O) groups excluding carboxylic acids is 1. The van der Waals surface area contributed by atoms with E-state index in [0.29, 0.717) is 6.61 Å². The quantitative estimate of drug-likeness (QED) is 0.598. The van der Waals surface area contributed by atoms with Crippen LogP contribution >= 0.6 is 15.9 Å². The fourth-order valence-electron chi connectivity index (χ4n) is 1.37. The zero-order chi connectivity index (χ0) is 10.7. The molecule has 4 heteroatoms. The van der Waals surface area contributed by atoms with Gasteiger partial charge in [-0.2, -0.15) is 0 Å². The second-order valence-corrected chi connectivity index (χ2v) is 4.00. The summed E-state index contributed by atoms with van der Waals surface area (Å²) in [6.45, 7) is 0.676. The molecular weight excluding hydrogens is 258 g/mol. The monoisotopic (exact) mass is 267 g/mol. The van der Waals surface area contributed by atoms with E-state index in [1.165, 1.54) is 6.08 Å². The van der Waals surface area contributed by atoms with Gasteiger partial charge in [-0.3, -0.25) is 4.79 Å². The fraction of sp³-hybridized carbons (Fsp3) is 0.273. The summed E-state index contributed by atoms with van der Waals surface area (Å²) in [5, 5.41) is 2.50. The average Bonchev–Trinajstić information content (AvgIpc) is 2.57. The van der Waals surface area contributed by atoms with Gasteiger partial charge >= 0.3 is 0 Å². The van der Waals surface area contributed by atoms with Crippen molar-refractivity contribution in [3.05, 3.63) is 28.8 Å². The zero-order valence-electron chi connectivity index (χ0n) is 8.07. The summed E-state index contributed by atoms with van der Waals surface area (Å²) in [7, 11) is 0. The first-order valence-corrected chi connectivity index (χ1v) is 5.85. The number of carbonyl (C=O) groups is 1. The summed E-state index contributed by atoms with van der Waals surface area (Å²) in [4.78, 5) is 14.8. The summed E-state index contributed by atoms with van der Waals surface area (Å²) in [5.74, 6) is 0.596. The van der Waals surface area contributed by atoms with Crippen LogP contribution in [-0.2, 0) is 4.79 Å². The number of rotatable bonds is 4. The summed E-state index contributed by atoms with van der Waals surface area (Å²) in [6, 6.07) is 5.49. The van der Waals surface area contributed by atoms with E-state index in [2.05, 4.69) is 20.9 Å². The van der Waals surface area contributed by atoms with Crippen molar-refractivity contribution in [3.8, 4) is 5.75 Å². The normalized spacial score (nSPS) is 13.0. The Balaban J connectivity index is 2.18. The van der Waals surface area contributed by atoms with Crippen LogP contribution in [0.25, 0.3) is 6.08 Å². The van der Waals surface area contributed by atoms with E-state index in [1.54, 1.807) is 6.07 Å². The largest absolute Gasteiger partial charge is 0.494 e. The molecule has 0 saturated carbocycles. The summed E-state index contributed by atoms with van der Waals surface area (Å²) in [5.41, 5.74) is 0. The van der Waals surface area contributed by atoms with E-state index < -0.39 is 0 Å². The lowest BCUT2D eigenvalue weighted by Crippen LogP contribution is -2.20. The number of nitrogens with zero attached hydrogens (tertiary/aromatic N) is 1. The van der Waals surface area contributed by atoms with Crippen molar-refractivity contribution in [2.75, 3.05) is 11.9 Å². The van der Waals surface area contributed by atoms with Crippen LogP contribution in [-0.4, -0.2) is 17.8 Å². The lowest BCUT2D eigenvalue weighted by atomic mass is 10.3. The minimum Gasteiger partial charge on any atom is -0.494 e. The van der Waals surface area contributed by atoms with Crippen LogP contribution in [0.4, 0.5) is 0 Å². The van der Waals surface area contributed by atoms with Crippen molar-refractivity contribution in [1.82, 2.24) is 0 Å². The van der Waals surface area contributed by atoms with Gasteiger partial charge in [0, 0.05) is 16.6 Å². The van der Waals surface area contributed by atoms with Gasteiger partial charge in [-0.15, -0.1) is 0 Å². The maximum absolute atomic E-state index is 11.0. The van der Waals surface area contributed by atoms with Crippen molar-refractivity contribution in [2.45, 2.75) is 6.42 Å². The van der Waals surface area contributed by atoms with Gasteiger partial charge in [0.2, 0.25) is 0 Å². The molecule has 0 saturated heterocycles. The molecular formula is C11H10BrNO2. The fourth-order valence-corrected chi connectivity index (χ4v) is 1.60. The minimum atomic E-state index is -0.192. The Kier molecular flexibility index (Phi) is 3.16. The third-order valence-corrected chi connectivity index (χ3v) is 2.62. The van der Waals surface area contributed by atoms with E-state index in [-0.39, 0.29) is 5.91 Å².